The van der Waals surface area contributed by atoms with E-state index in [1.165, 1.54) is 0 Å². The third kappa shape index (κ3) is 3.13. The van der Waals surface area contributed by atoms with E-state index in [-0.39, 0.29) is 17.6 Å². The van der Waals surface area contributed by atoms with Crippen molar-refractivity contribution >= 4 is 5.91 Å². The highest BCUT2D eigenvalue weighted by Crippen LogP contribution is 2.22. The van der Waals surface area contributed by atoms with Crippen LogP contribution in [0.3, 0.4) is 0 Å². The zero-order chi connectivity index (χ0) is 14.0. The van der Waals surface area contributed by atoms with E-state index in [2.05, 4.69) is 5.10 Å². The van der Waals surface area contributed by atoms with Crippen molar-refractivity contribution in [3.05, 3.63) is 18.0 Å². The molecule has 1 amide bonds. The van der Waals surface area contributed by atoms with Gasteiger partial charge < -0.3 is 14.4 Å². The maximum Gasteiger partial charge on any atom is 0.272 e. The number of hydrogen-bond acceptors (Lipinski definition) is 4. The fraction of sp³-hybridized carbons (Fsp3) is 0.692. The van der Waals surface area contributed by atoms with Gasteiger partial charge in [-0.15, -0.1) is 0 Å². The minimum Gasteiger partial charge on any atom is -0.382 e. The summed E-state index contributed by atoms with van der Waals surface area (Å²) in [7, 11) is 3.41. The van der Waals surface area contributed by atoms with Crippen LogP contribution in [0.25, 0.3) is 0 Å². The summed E-state index contributed by atoms with van der Waals surface area (Å²) in [6.45, 7) is 5.56. The van der Waals surface area contributed by atoms with Gasteiger partial charge in [-0.05, 0) is 19.9 Å². The number of carbonyl (C=O) groups excluding carboxylic acids is 1. The summed E-state index contributed by atoms with van der Waals surface area (Å²) in [6, 6.07) is 1.73. The average molecular weight is 267 g/mol. The topological polar surface area (TPSA) is 56.6 Å². The molecule has 6 heteroatoms. The standard InChI is InChI=1S/C13H21N3O3/c1-13(2)9-16(7-10(19-13)8-18-4)12(17)11-5-6-14-15(11)3/h5-6,10H,7-9H2,1-4H3/t10-/m0/s1. The van der Waals surface area contributed by atoms with Crippen LogP contribution in [0.4, 0.5) is 0 Å². The SMILES string of the molecule is COC[C@@H]1CN(C(=O)c2ccnn2C)CC(C)(C)O1. The number of nitrogens with zero attached hydrogens (tertiary/aromatic N) is 3. The lowest BCUT2D eigenvalue weighted by molar-refractivity contribution is -0.143. The van der Waals surface area contributed by atoms with Crippen molar-refractivity contribution in [3.63, 3.8) is 0 Å². The number of ether oxygens (including phenoxy) is 2. The van der Waals surface area contributed by atoms with E-state index >= 15 is 0 Å². The lowest BCUT2D eigenvalue weighted by Gasteiger charge is -2.42. The van der Waals surface area contributed by atoms with Crippen LogP contribution in [0.5, 0.6) is 0 Å². The predicted molar refractivity (Wildman–Crippen MR) is 69.9 cm³/mol. The van der Waals surface area contributed by atoms with Crippen LogP contribution >= 0.6 is 0 Å². The largest absolute Gasteiger partial charge is 0.382 e. The number of morpholine rings is 1. The molecule has 1 aromatic rings. The van der Waals surface area contributed by atoms with E-state index < -0.39 is 0 Å². The van der Waals surface area contributed by atoms with Crippen molar-refractivity contribution in [2.45, 2.75) is 25.6 Å². The van der Waals surface area contributed by atoms with Gasteiger partial charge in [0.1, 0.15) is 5.69 Å². The van der Waals surface area contributed by atoms with E-state index in [1.54, 1.807) is 31.1 Å². The van der Waals surface area contributed by atoms with Gasteiger partial charge in [-0.1, -0.05) is 0 Å². The molecular formula is C13H21N3O3. The first-order chi connectivity index (χ1) is 8.93. The van der Waals surface area contributed by atoms with Crippen LogP contribution in [0.2, 0.25) is 0 Å². The van der Waals surface area contributed by atoms with Crippen LogP contribution in [-0.4, -0.2) is 59.1 Å². The fourth-order valence-electron chi connectivity index (χ4n) is 2.47. The molecule has 1 aromatic heterocycles. The molecule has 0 unspecified atom stereocenters. The van der Waals surface area contributed by atoms with Gasteiger partial charge >= 0.3 is 0 Å². The Hall–Kier alpha value is -1.40. The number of carbonyl (C=O) groups is 1. The van der Waals surface area contributed by atoms with E-state index in [0.717, 1.165) is 0 Å². The molecule has 0 aromatic carbocycles. The molecule has 0 spiro atoms. The molecule has 0 saturated carbocycles. The van der Waals surface area contributed by atoms with Gasteiger partial charge in [0.15, 0.2) is 0 Å². The average Bonchev–Trinajstić information content (AvgIpc) is 2.73. The number of amides is 1. The van der Waals surface area contributed by atoms with Crippen molar-refractivity contribution in [1.29, 1.82) is 0 Å². The Kier molecular flexibility index (Phi) is 3.91. The molecule has 1 saturated heterocycles. The molecule has 106 valence electrons. The van der Waals surface area contributed by atoms with Crippen LogP contribution in [0, 0.1) is 0 Å². The molecule has 0 radical (unpaired) electrons. The molecular weight excluding hydrogens is 246 g/mol. The molecule has 1 fully saturated rings. The predicted octanol–water partition coefficient (Wildman–Crippen LogP) is 0.686. The monoisotopic (exact) mass is 267 g/mol. The first kappa shape index (κ1) is 14.0. The second kappa shape index (κ2) is 5.30. The first-order valence-electron chi connectivity index (χ1n) is 6.37. The van der Waals surface area contributed by atoms with Crippen LogP contribution in [0.15, 0.2) is 12.3 Å². The second-order valence-electron chi connectivity index (χ2n) is 5.48. The molecule has 1 atom stereocenters. The molecule has 0 aliphatic carbocycles. The molecule has 19 heavy (non-hydrogen) atoms. The minimum absolute atomic E-state index is 0.0162. The quantitative estimate of drug-likeness (QED) is 0.808. The van der Waals surface area contributed by atoms with Crippen molar-refractivity contribution in [3.8, 4) is 0 Å². The summed E-state index contributed by atoms with van der Waals surface area (Å²) in [5, 5.41) is 4.04. The number of hydrogen-bond donors (Lipinski definition) is 0. The maximum absolute atomic E-state index is 12.5. The Morgan fingerprint density at radius 2 is 2.37 bits per heavy atom. The second-order valence-corrected chi connectivity index (χ2v) is 5.48. The summed E-state index contributed by atoms with van der Waals surface area (Å²) in [6.07, 6.45) is 1.54. The summed E-state index contributed by atoms with van der Waals surface area (Å²) < 4.78 is 12.6. The molecule has 2 heterocycles. The van der Waals surface area contributed by atoms with Gasteiger partial charge in [0, 0.05) is 33.4 Å². The third-order valence-corrected chi connectivity index (χ3v) is 3.16. The maximum atomic E-state index is 12.5. The molecule has 0 N–H and O–H groups in total. The van der Waals surface area contributed by atoms with Gasteiger partial charge in [-0.25, -0.2) is 0 Å². The fourth-order valence-corrected chi connectivity index (χ4v) is 2.47. The van der Waals surface area contributed by atoms with Crippen LogP contribution in [-0.2, 0) is 16.5 Å². The van der Waals surface area contributed by atoms with Gasteiger partial charge in [0.05, 0.1) is 18.3 Å². The van der Waals surface area contributed by atoms with Gasteiger partial charge in [-0.3, -0.25) is 9.48 Å². The Balaban J connectivity index is 2.15. The number of rotatable bonds is 3. The Labute approximate surface area is 113 Å². The van der Waals surface area contributed by atoms with E-state index in [1.807, 2.05) is 18.7 Å². The van der Waals surface area contributed by atoms with Crippen molar-refractivity contribution in [2.75, 3.05) is 26.8 Å². The van der Waals surface area contributed by atoms with Crippen molar-refractivity contribution in [1.82, 2.24) is 14.7 Å². The van der Waals surface area contributed by atoms with Gasteiger partial charge in [0.2, 0.25) is 0 Å². The molecule has 6 nitrogen and oxygen atoms in total. The number of aryl methyl sites for hydroxylation is 1. The molecule has 1 aliphatic heterocycles. The number of methoxy groups -OCH3 is 1. The van der Waals surface area contributed by atoms with E-state index in [0.29, 0.717) is 25.4 Å². The van der Waals surface area contributed by atoms with E-state index in [4.69, 9.17) is 9.47 Å². The Morgan fingerprint density at radius 3 is 2.95 bits per heavy atom. The van der Waals surface area contributed by atoms with Crippen LogP contribution in [0.1, 0.15) is 24.3 Å². The highest BCUT2D eigenvalue weighted by atomic mass is 16.5. The Bertz CT molecular complexity index is 456. The normalized spacial score (nSPS) is 22.5. The Morgan fingerprint density at radius 1 is 1.63 bits per heavy atom. The molecule has 1 aliphatic rings. The lowest BCUT2D eigenvalue weighted by Crippen LogP contribution is -2.55. The zero-order valence-corrected chi connectivity index (χ0v) is 11.9. The summed E-state index contributed by atoms with van der Waals surface area (Å²) in [4.78, 5) is 14.3. The van der Waals surface area contributed by atoms with Crippen molar-refractivity contribution in [2.24, 2.45) is 7.05 Å². The number of aromatic nitrogens is 2. The highest BCUT2D eigenvalue weighted by molar-refractivity contribution is 5.92. The summed E-state index contributed by atoms with van der Waals surface area (Å²) >= 11 is 0. The first-order valence-corrected chi connectivity index (χ1v) is 6.37. The summed E-state index contributed by atoms with van der Waals surface area (Å²) in [5.41, 5.74) is 0.226. The minimum atomic E-state index is -0.365. The summed E-state index contributed by atoms with van der Waals surface area (Å²) in [5.74, 6) is -0.0162. The lowest BCUT2D eigenvalue weighted by atomic mass is 10.0. The zero-order valence-electron chi connectivity index (χ0n) is 11.9. The van der Waals surface area contributed by atoms with Crippen LogP contribution < -0.4 is 0 Å². The highest BCUT2D eigenvalue weighted by Gasteiger charge is 2.36. The molecule has 0 bridgehead atoms. The van der Waals surface area contributed by atoms with Gasteiger partial charge in [0.25, 0.3) is 5.91 Å². The smallest absolute Gasteiger partial charge is 0.272 e. The van der Waals surface area contributed by atoms with E-state index in [9.17, 15) is 4.79 Å². The molecule has 2 rings (SSSR count). The third-order valence-electron chi connectivity index (χ3n) is 3.16. The van der Waals surface area contributed by atoms with Crippen molar-refractivity contribution < 1.29 is 14.3 Å². The van der Waals surface area contributed by atoms with Gasteiger partial charge in [-0.2, -0.15) is 5.10 Å².